The fraction of sp³-hybridized carbons (Fsp3) is 0.348. The van der Waals surface area contributed by atoms with E-state index < -0.39 is 0 Å². The quantitative estimate of drug-likeness (QED) is 0.556. The van der Waals surface area contributed by atoms with Gasteiger partial charge >= 0.3 is 0 Å². The Labute approximate surface area is 200 Å². The van der Waals surface area contributed by atoms with Crippen LogP contribution in [-0.4, -0.2) is 35.9 Å². The SMILES string of the molecule is COc1ccc(N2C(=O)C(=Cc3cccs3)N=C2SCC(=O)NC2CCCCC2)cc1Cl. The maximum Gasteiger partial charge on any atom is 0.283 e. The molecule has 2 aliphatic rings. The standard InChI is InChI=1S/C23H24ClN3O3S2/c1-30-20-10-9-16(12-18(20)24)27-22(29)19(13-17-8-5-11-31-17)26-23(27)32-14-21(28)25-15-6-3-2-4-7-15/h5,8-13,15H,2-4,6-7,14H2,1H3,(H,25,28). The molecule has 0 bridgehead atoms. The van der Waals surface area contributed by atoms with Crippen molar-refractivity contribution in [2.24, 2.45) is 4.99 Å². The second kappa shape index (κ2) is 10.6. The number of hydrogen-bond acceptors (Lipinski definition) is 6. The zero-order valence-electron chi connectivity index (χ0n) is 17.7. The van der Waals surface area contributed by atoms with E-state index in [1.54, 1.807) is 24.3 Å². The first kappa shape index (κ1) is 22.9. The number of hydrogen-bond donors (Lipinski definition) is 1. The first-order valence-electron chi connectivity index (χ1n) is 10.5. The van der Waals surface area contributed by atoms with Crippen molar-refractivity contribution < 1.29 is 14.3 Å². The Morgan fingerprint density at radius 3 is 2.84 bits per heavy atom. The molecule has 1 saturated carbocycles. The van der Waals surface area contributed by atoms with Gasteiger partial charge in [0.25, 0.3) is 5.91 Å². The summed E-state index contributed by atoms with van der Waals surface area (Å²) in [6.07, 6.45) is 7.37. The van der Waals surface area contributed by atoms with Crippen molar-refractivity contribution in [3.05, 3.63) is 51.3 Å². The van der Waals surface area contributed by atoms with Gasteiger partial charge in [0.05, 0.1) is 23.6 Å². The van der Waals surface area contributed by atoms with Crippen molar-refractivity contribution in [3.63, 3.8) is 0 Å². The van der Waals surface area contributed by atoms with E-state index in [4.69, 9.17) is 16.3 Å². The van der Waals surface area contributed by atoms with Gasteiger partial charge in [0.1, 0.15) is 11.4 Å². The fourth-order valence-electron chi connectivity index (χ4n) is 3.77. The summed E-state index contributed by atoms with van der Waals surface area (Å²) in [7, 11) is 1.54. The average molecular weight is 490 g/mol. The summed E-state index contributed by atoms with van der Waals surface area (Å²) in [5.74, 6) is 0.416. The number of thiophene rings is 1. The number of ether oxygens (including phenoxy) is 1. The summed E-state index contributed by atoms with van der Waals surface area (Å²) in [5.41, 5.74) is 0.906. The van der Waals surface area contributed by atoms with Crippen LogP contribution in [0.25, 0.3) is 6.08 Å². The molecule has 0 unspecified atom stereocenters. The zero-order valence-corrected chi connectivity index (χ0v) is 20.1. The highest BCUT2D eigenvalue weighted by Crippen LogP contribution is 2.34. The minimum absolute atomic E-state index is 0.0413. The normalized spacial score (nSPS) is 18.2. The highest BCUT2D eigenvalue weighted by Gasteiger charge is 2.33. The Balaban J connectivity index is 1.54. The molecule has 2 amide bonds. The minimum Gasteiger partial charge on any atom is -0.495 e. The third-order valence-electron chi connectivity index (χ3n) is 5.35. The molecule has 0 atom stereocenters. The molecule has 1 N–H and O–H groups in total. The number of benzene rings is 1. The molecule has 1 aliphatic carbocycles. The minimum atomic E-state index is -0.255. The zero-order chi connectivity index (χ0) is 22.5. The van der Waals surface area contributed by atoms with Gasteiger partial charge in [-0.05, 0) is 48.6 Å². The van der Waals surface area contributed by atoms with Gasteiger partial charge in [0.2, 0.25) is 5.91 Å². The Morgan fingerprint density at radius 1 is 1.34 bits per heavy atom. The number of amidine groups is 1. The first-order chi connectivity index (χ1) is 15.5. The van der Waals surface area contributed by atoms with Crippen molar-refractivity contribution in [2.75, 3.05) is 17.8 Å². The molecule has 9 heteroatoms. The summed E-state index contributed by atoms with van der Waals surface area (Å²) in [5, 5.41) is 5.91. The molecule has 0 radical (unpaired) electrons. The summed E-state index contributed by atoms with van der Waals surface area (Å²) in [4.78, 5) is 32.8. The molecule has 1 aromatic heterocycles. The fourth-order valence-corrected chi connectivity index (χ4v) is 5.50. The van der Waals surface area contributed by atoms with E-state index in [1.807, 2.05) is 17.5 Å². The number of methoxy groups -OCH3 is 1. The van der Waals surface area contributed by atoms with Crippen LogP contribution in [0.15, 0.2) is 46.4 Å². The smallest absolute Gasteiger partial charge is 0.283 e. The first-order valence-corrected chi connectivity index (χ1v) is 12.7. The monoisotopic (exact) mass is 489 g/mol. The lowest BCUT2D eigenvalue weighted by molar-refractivity contribution is -0.119. The van der Waals surface area contributed by atoms with Crippen LogP contribution in [0.1, 0.15) is 37.0 Å². The largest absolute Gasteiger partial charge is 0.495 e. The van der Waals surface area contributed by atoms with Gasteiger partial charge < -0.3 is 10.1 Å². The number of aliphatic imine (C=N–C) groups is 1. The molecular formula is C23H24ClN3O3S2. The Hall–Kier alpha value is -2.29. The van der Waals surface area contributed by atoms with Crippen LogP contribution in [0.5, 0.6) is 5.75 Å². The summed E-state index contributed by atoms with van der Waals surface area (Å²) in [6, 6.07) is 9.24. The summed E-state index contributed by atoms with van der Waals surface area (Å²) < 4.78 is 5.22. The van der Waals surface area contributed by atoms with Gasteiger partial charge in [0, 0.05) is 10.9 Å². The van der Waals surface area contributed by atoms with E-state index in [2.05, 4.69) is 10.3 Å². The molecule has 1 fully saturated rings. The third-order valence-corrected chi connectivity index (χ3v) is 7.40. The lowest BCUT2D eigenvalue weighted by atomic mass is 9.95. The van der Waals surface area contributed by atoms with Crippen molar-refractivity contribution in [1.82, 2.24) is 5.32 Å². The molecule has 32 heavy (non-hydrogen) atoms. The average Bonchev–Trinajstić information content (AvgIpc) is 3.41. The van der Waals surface area contributed by atoms with Gasteiger partial charge in [-0.3, -0.25) is 14.5 Å². The number of anilines is 1. The van der Waals surface area contributed by atoms with Crippen LogP contribution in [0.2, 0.25) is 5.02 Å². The molecule has 168 valence electrons. The van der Waals surface area contributed by atoms with Crippen LogP contribution < -0.4 is 15.0 Å². The molecule has 4 rings (SSSR count). The Kier molecular flexibility index (Phi) is 7.55. The van der Waals surface area contributed by atoms with E-state index in [-0.39, 0.29) is 23.6 Å². The van der Waals surface area contributed by atoms with Gasteiger partial charge in [-0.25, -0.2) is 4.99 Å². The number of thioether (sulfide) groups is 1. The number of nitrogens with zero attached hydrogens (tertiary/aromatic N) is 2. The van der Waals surface area contributed by atoms with Crippen molar-refractivity contribution >= 4 is 63.4 Å². The van der Waals surface area contributed by atoms with Crippen LogP contribution in [0, 0.1) is 0 Å². The second-order valence-electron chi connectivity index (χ2n) is 7.59. The summed E-state index contributed by atoms with van der Waals surface area (Å²) >= 11 is 9.09. The van der Waals surface area contributed by atoms with Crippen molar-refractivity contribution in [2.45, 2.75) is 38.1 Å². The van der Waals surface area contributed by atoms with E-state index in [0.717, 1.165) is 30.6 Å². The number of amides is 2. The van der Waals surface area contributed by atoms with E-state index in [0.29, 0.717) is 27.3 Å². The topological polar surface area (TPSA) is 71.0 Å². The molecule has 0 spiro atoms. The van der Waals surface area contributed by atoms with Gasteiger partial charge in [0.15, 0.2) is 5.17 Å². The van der Waals surface area contributed by atoms with E-state index in [9.17, 15) is 9.59 Å². The lowest BCUT2D eigenvalue weighted by Gasteiger charge is -2.23. The third kappa shape index (κ3) is 5.36. The van der Waals surface area contributed by atoms with Gasteiger partial charge in [-0.2, -0.15) is 0 Å². The highest BCUT2D eigenvalue weighted by atomic mass is 35.5. The van der Waals surface area contributed by atoms with Crippen LogP contribution in [0.4, 0.5) is 5.69 Å². The molecule has 6 nitrogen and oxygen atoms in total. The Bertz CT molecular complexity index is 1050. The summed E-state index contributed by atoms with van der Waals surface area (Å²) in [6.45, 7) is 0. The molecule has 0 saturated heterocycles. The maximum atomic E-state index is 13.2. The highest BCUT2D eigenvalue weighted by molar-refractivity contribution is 8.14. The number of carbonyl (C=O) groups is 2. The van der Waals surface area contributed by atoms with Crippen LogP contribution in [-0.2, 0) is 9.59 Å². The number of nitrogens with one attached hydrogen (secondary N) is 1. The molecule has 2 heterocycles. The van der Waals surface area contributed by atoms with E-state index in [1.165, 1.54) is 41.5 Å². The lowest BCUT2D eigenvalue weighted by Crippen LogP contribution is -2.38. The predicted molar refractivity (Wildman–Crippen MR) is 133 cm³/mol. The molecule has 2 aromatic rings. The maximum absolute atomic E-state index is 13.2. The second-order valence-corrected chi connectivity index (χ2v) is 9.92. The number of carbonyl (C=O) groups excluding carboxylic acids is 2. The van der Waals surface area contributed by atoms with E-state index >= 15 is 0 Å². The Morgan fingerprint density at radius 2 is 2.16 bits per heavy atom. The van der Waals surface area contributed by atoms with Crippen molar-refractivity contribution in [3.8, 4) is 5.75 Å². The van der Waals surface area contributed by atoms with Gasteiger partial charge in [-0.15, -0.1) is 11.3 Å². The number of rotatable bonds is 6. The predicted octanol–water partition coefficient (Wildman–Crippen LogP) is 5.34. The molecule has 1 aliphatic heterocycles. The van der Waals surface area contributed by atoms with Crippen LogP contribution >= 0.6 is 34.7 Å². The molecular weight excluding hydrogens is 466 g/mol. The van der Waals surface area contributed by atoms with Crippen LogP contribution in [0.3, 0.4) is 0 Å². The van der Waals surface area contributed by atoms with Crippen molar-refractivity contribution in [1.29, 1.82) is 0 Å². The van der Waals surface area contributed by atoms with Gasteiger partial charge in [-0.1, -0.05) is 48.7 Å². The number of halogens is 1. The molecule has 1 aromatic carbocycles.